The van der Waals surface area contributed by atoms with Crippen molar-refractivity contribution in [2.24, 2.45) is 5.84 Å². The fourth-order valence-corrected chi connectivity index (χ4v) is 2.63. The minimum atomic E-state index is -0.185. The van der Waals surface area contributed by atoms with E-state index in [0.717, 1.165) is 49.8 Å². The molecule has 0 spiro atoms. The Morgan fingerprint density at radius 2 is 2.37 bits per heavy atom. The number of nitrogens with two attached hydrogens (primary N) is 1. The summed E-state index contributed by atoms with van der Waals surface area (Å²) < 4.78 is 18.9. The zero-order valence-electron chi connectivity index (χ0n) is 11.5. The molecule has 2 unspecified atom stereocenters. The van der Waals surface area contributed by atoms with Crippen LogP contribution in [0.15, 0.2) is 18.2 Å². The predicted molar refractivity (Wildman–Crippen MR) is 74.2 cm³/mol. The van der Waals surface area contributed by atoms with Crippen molar-refractivity contribution in [1.29, 1.82) is 0 Å². The van der Waals surface area contributed by atoms with E-state index in [4.69, 9.17) is 10.6 Å². The van der Waals surface area contributed by atoms with Crippen LogP contribution in [-0.2, 0) is 11.2 Å². The fraction of sp³-hybridized carbons (Fsp3) is 0.600. The molecule has 4 heteroatoms. The monoisotopic (exact) mass is 266 g/mol. The van der Waals surface area contributed by atoms with Crippen LogP contribution in [-0.4, -0.2) is 18.8 Å². The Bertz CT molecular complexity index is 405. The molecule has 0 bridgehead atoms. The van der Waals surface area contributed by atoms with Gasteiger partial charge in [0.05, 0.1) is 6.10 Å². The van der Waals surface area contributed by atoms with Gasteiger partial charge in [-0.2, -0.15) is 0 Å². The SMILES string of the molecule is Cc1ccc(F)cc1CC(CCC1CCCO1)NN. The Morgan fingerprint density at radius 1 is 1.53 bits per heavy atom. The lowest BCUT2D eigenvalue weighted by atomic mass is 9.97. The number of hydrazine groups is 1. The third kappa shape index (κ3) is 4.27. The lowest BCUT2D eigenvalue weighted by Crippen LogP contribution is -2.37. The van der Waals surface area contributed by atoms with E-state index in [9.17, 15) is 4.39 Å². The van der Waals surface area contributed by atoms with Gasteiger partial charge in [-0.25, -0.2) is 4.39 Å². The van der Waals surface area contributed by atoms with Gasteiger partial charge in [-0.1, -0.05) is 6.07 Å². The summed E-state index contributed by atoms with van der Waals surface area (Å²) >= 11 is 0. The summed E-state index contributed by atoms with van der Waals surface area (Å²) in [5, 5.41) is 0. The smallest absolute Gasteiger partial charge is 0.123 e. The molecule has 1 fully saturated rings. The van der Waals surface area contributed by atoms with Crippen LogP contribution in [0.4, 0.5) is 4.39 Å². The first-order chi connectivity index (χ1) is 9.19. The Hall–Kier alpha value is -0.970. The van der Waals surface area contributed by atoms with Gasteiger partial charge in [-0.3, -0.25) is 11.3 Å². The molecule has 1 heterocycles. The Labute approximate surface area is 114 Å². The number of aryl methyl sites for hydroxylation is 1. The quantitative estimate of drug-likeness (QED) is 0.614. The number of ether oxygens (including phenoxy) is 1. The minimum Gasteiger partial charge on any atom is -0.378 e. The van der Waals surface area contributed by atoms with E-state index < -0.39 is 0 Å². The number of hydrogen-bond donors (Lipinski definition) is 2. The second-order valence-electron chi connectivity index (χ2n) is 5.35. The maximum absolute atomic E-state index is 13.3. The summed E-state index contributed by atoms with van der Waals surface area (Å²) in [6.45, 7) is 2.89. The van der Waals surface area contributed by atoms with Crippen molar-refractivity contribution in [1.82, 2.24) is 5.43 Å². The van der Waals surface area contributed by atoms with Crippen LogP contribution >= 0.6 is 0 Å². The van der Waals surface area contributed by atoms with E-state index in [1.807, 2.05) is 13.0 Å². The van der Waals surface area contributed by atoms with Crippen molar-refractivity contribution in [3.8, 4) is 0 Å². The molecule has 1 aliphatic rings. The molecule has 3 N–H and O–H groups in total. The van der Waals surface area contributed by atoms with Gasteiger partial charge in [-0.15, -0.1) is 0 Å². The minimum absolute atomic E-state index is 0.171. The molecule has 0 amide bonds. The number of halogens is 1. The van der Waals surface area contributed by atoms with E-state index in [0.29, 0.717) is 6.10 Å². The van der Waals surface area contributed by atoms with Crippen LogP contribution in [0.1, 0.15) is 36.8 Å². The normalized spacial score (nSPS) is 20.7. The molecule has 3 nitrogen and oxygen atoms in total. The lowest BCUT2D eigenvalue weighted by Gasteiger charge is -2.19. The van der Waals surface area contributed by atoms with Gasteiger partial charge < -0.3 is 4.74 Å². The first kappa shape index (κ1) is 14.4. The summed E-state index contributed by atoms with van der Waals surface area (Å²) in [6.07, 6.45) is 5.42. The van der Waals surface area contributed by atoms with Crippen LogP contribution in [0.2, 0.25) is 0 Å². The van der Waals surface area contributed by atoms with Gasteiger partial charge in [-0.05, 0) is 62.3 Å². The number of nitrogens with one attached hydrogen (secondary N) is 1. The molecule has 0 radical (unpaired) electrons. The molecule has 0 aliphatic carbocycles. The third-order valence-electron chi connectivity index (χ3n) is 3.87. The van der Waals surface area contributed by atoms with Gasteiger partial charge in [0.2, 0.25) is 0 Å². The Morgan fingerprint density at radius 3 is 3.05 bits per heavy atom. The van der Waals surface area contributed by atoms with Gasteiger partial charge >= 0.3 is 0 Å². The second-order valence-corrected chi connectivity index (χ2v) is 5.35. The Kier molecular flexibility index (Phi) is 5.31. The summed E-state index contributed by atoms with van der Waals surface area (Å²) in [7, 11) is 0. The lowest BCUT2D eigenvalue weighted by molar-refractivity contribution is 0.0996. The summed E-state index contributed by atoms with van der Waals surface area (Å²) in [4.78, 5) is 0. The van der Waals surface area contributed by atoms with Crippen LogP contribution in [0, 0.1) is 12.7 Å². The van der Waals surface area contributed by atoms with Crippen LogP contribution in [0.25, 0.3) is 0 Å². The summed E-state index contributed by atoms with van der Waals surface area (Å²) in [5.74, 6) is 5.42. The second kappa shape index (κ2) is 6.98. The van der Waals surface area contributed by atoms with E-state index in [-0.39, 0.29) is 11.9 Å². The molecule has 1 aromatic carbocycles. The highest BCUT2D eigenvalue weighted by Gasteiger charge is 2.18. The molecule has 2 atom stereocenters. The van der Waals surface area contributed by atoms with Crippen molar-refractivity contribution >= 4 is 0 Å². The van der Waals surface area contributed by atoms with Gasteiger partial charge in [0.15, 0.2) is 0 Å². The average Bonchev–Trinajstić information content (AvgIpc) is 2.91. The standard InChI is InChI=1S/C15H23FN2O/c1-11-4-5-13(16)9-12(11)10-14(18-17)6-7-15-3-2-8-19-15/h4-5,9,14-15,18H,2-3,6-8,10,17H2,1H3. The van der Waals surface area contributed by atoms with Crippen molar-refractivity contribution in [2.75, 3.05) is 6.61 Å². The first-order valence-electron chi connectivity index (χ1n) is 7.02. The fourth-order valence-electron chi connectivity index (χ4n) is 2.63. The van der Waals surface area contributed by atoms with Gasteiger partial charge in [0.1, 0.15) is 5.82 Å². The van der Waals surface area contributed by atoms with E-state index in [1.54, 1.807) is 6.07 Å². The molecular formula is C15H23FN2O. The molecular weight excluding hydrogens is 243 g/mol. The number of hydrogen-bond acceptors (Lipinski definition) is 3. The van der Waals surface area contributed by atoms with Gasteiger partial charge in [0, 0.05) is 12.6 Å². The van der Waals surface area contributed by atoms with Gasteiger partial charge in [0.25, 0.3) is 0 Å². The molecule has 19 heavy (non-hydrogen) atoms. The highest BCUT2D eigenvalue weighted by atomic mass is 19.1. The topological polar surface area (TPSA) is 47.3 Å². The third-order valence-corrected chi connectivity index (χ3v) is 3.87. The zero-order valence-corrected chi connectivity index (χ0v) is 11.5. The maximum Gasteiger partial charge on any atom is 0.123 e. The number of rotatable bonds is 6. The summed E-state index contributed by atoms with van der Waals surface area (Å²) in [6, 6.07) is 5.09. The van der Waals surface area contributed by atoms with E-state index in [2.05, 4.69) is 5.43 Å². The predicted octanol–water partition coefficient (Wildman–Crippen LogP) is 2.47. The molecule has 0 aromatic heterocycles. The van der Waals surface area contributed by atoms with E-state index in [1.165, 1.54) is 6.07 Å². The van der Waals surface area contributed by atoms with Crippen LogP contribution < -0.4 is 11.3 Å². The molecule has 1 aromatic rings. The molecule has 1 saturated heterocycles. The largest absolute Gasteiger partial charge is 0.378 e. The summed E-state index contributed by atoms with van der Waals surface area (Å²) in [5.41, 5.74) is 4.98. The van der Waals surface area contributed by atoms with Crippen LogP contribution in [0.3, 0.4) is 0 Å². The first-order valence-corrected chi connectivity index (χ1v) is 7.02. The van der Waals surface area contributed by atoms with Crippen molar-refractivity contribution < 1.29 is 9.13 Å². The van der Waals surface area contributed by atoms with E-state index >= 15 is 0 Å². The molecule has 0 saturated carbocycles. The van der Waals surface area contributed by atoms with Crippen molar-refractivity contribution in [3.05, 3.63) is 35.1 Å². The van der Waals surface area contributed by atoms with Crippen molar-refractivity contribution in [3.63, 3.8) is 0 Å². The number of benzene rings is 1. The highest BCUT2D eigenvalue weighted by Crippen LogP contribution is 2.19. The highest BCUT2D eigenvalue weighted by molar-refractivity contribution is 5.27. The zero-order chi connectivity index (χ0) is 13.7. The van der Waals surface area contributed by atoms with Crippen LogP contribution in [0.5, 0.6) is 0 Å². The maximum atomic E-state index is 13.3. The van der Waals surface area contributed by atoms with Crippen molar-refractivity contribution in [2.45, 2.75) is 51.2 Å². The Balaban J connectivity index is 1.88. The molecule has 2 rings (SSSR count). The average molecular weight is 266 g/mol. The molecule has 106 valence electrons. The molecule has 1 aliphatic heterocycles.